The molecule has 1 atom stereocenters. The van der Waals surface area contributed by atoms with Crippen LogP contribution < -0.4 is 11.3 Å². The van der Waals surface area contributed by atoms with Crippen LogP contribution >= 0.6 is 0 Å². The van der Waals surface area contributed by atoms with Crippen molar-refractivity contribution in [1.29, 1.82) is 0 Å². The lowest BCUT2D eigenvalue weighted by Crippen LogP contribution is -2.34. The summed E-state index contributed by atoms with van der Waals surface area (Å²) < 4.78 is 5.36. The summed E-state index contributed by atoms with van der Waals surface area (Å²) in [5, 5.41) is 17.3. The number of nitrogens with zero attached hydrogens (tertiary/aromatic N) is 1. The second-order valence-electron chi connectivity index (χ2n) is 3.16. The van der Waals surface area contributed by atoms with Gasteiger partial charge in [0.1, 0.15) is 6.04 Å². The third kappa shape index (κ3) is 2.92. The van der Waals surface area contributed by atoms with Crippen LogP contribution in [0, 0.1) is 0 Å². The Bertz CT molecular complexity index is 487. The highest BCUT2D eigenvalue weighted by molar-refractivity contribution is 5.86. The molecule has 0 aliphatic heterocycles. The average Bonchev–Trinajstić information content (AvgIpc) is 2.45. The van der Waals surface area contributed by atoms with Crippen molar-refractivity contribution in [2.45, 2.75) is 12.5 Å². The maximum absolute atomic E-state index is 11.4. The molecule has 0 aliphatic carbocycles. The summed E-state index contributed by atoms with van der Waals surface area (Å²) in [6, 6.07) is -1.34. The van der Waals surface area contributed by atoms with Crippen LogP contribution in [0.2, 0.25) is 0 Å². The fourth-order valence-corrected chi connectivity index (χ4v) is 1.18. The van der Waals surface area contributed by atoms with Crippen LogP contribution in [-0.2, 0) is 18.3 Å². The second-order valence-corrected chi connectivity index (χ2v) is 3.16. The molecule has 9 nitrogen and oxygen atoms in total. The Morgan fingerprint density at radius 2 is 2.00 bits per heavy atom. The highest BCUT2D eigenvalue weighted by Crippen LogP contribution is 2.07. The molecule has 1 rings (SSSR count). The molecule has 0 spiro atoms. The number of carbonyl (C=O) groups is 2. The van der Waals surface area contributed by atoms with Gasteiger partial charge in [-0.1, -0.05) is 0 Å². The molecule has 9 heteroatoms. The molecule has 0 radical (unpaired) electrons. The Balaban J connectivity index is 0.00000256. The first-order valence-electron chi connectivity index (χ1n) is 4.25. The number of aryl methyl sites for hydroxylation is 1. The summed E-state index contributed by atoms with van der Waals surface area (Å²) in [7, 11) is 1.23. The number of nitrogens with two attached hydrogens (primary N) is 1. The summed E-state index contributed by atoms with van der Waals surface area (Å²) in [6.45, 7) is 0. The fraction of sp³-hybridized carbons (Fsp3) is 0.375. The van der Waals surface area contributed by atoms with Crippen molar-refractivity contribution in [2.24, 2.45) is 12.8 Å². The van der Waals surface area contributed by atoms with E-state index in [9.17, 15) is 14.4 Å². The van der Waals surface area contributed by atoms with E-state index < -0.39 is 29.3 Å². The zero-order valence-electron chi connectivity index (χ0n) is 8.84. The molecule has 0 aliphatic rings. The molecule has 0 fully saturated rings. The smallest absolute Gasteiger partial charge is 0.375 e. The normalized spacial score (nSPS) is 11.6. The van der Waals surface area contributed by atoms with Crippen LogP contribution in [0.1, 0.15) is 16.1 Å². The minimum atomic E-state index is -1.44. The summed E-state index contributed by atoms with van der Waals surface area (Å²) in [5.41, 5.74) is 4.27. The zero-order valence-corrected chi connectivity index (χ0v) is 8.84. The van der Waals surface area contributed by atoms with E-state index >= 15 is 0 Å². The number of rotatable bonds is 4. The van der Waals surface area contributed by atoms with E-state index in [1.54, 1.807) is 0 Å². The van der Waals surface area contributed by atoms with Gasteiger partial charge in [-0.15, -0.1) is 0 Å². The quantitative estimate of drug-likeness (QED) is 0.543. The lowest BCUT2D eigenvalue weighted by molar-refractivity contribution is -0.138. The van der Waals surface area contributed by atoms with Crippen molar-refractivity contribution >= 4 is 11.9 Å². The summed E-state index contributed by atoms with van der Waals surface area (Å²) >= 11 is 0. The first-order chi connectivity index (χ1) is 7.34. The van der Waals surface area contributed by atoms with Gasteiger partial charge in [0.15, 0.2) is 0 Å². The van der Waals surface area contributed by atoms with Gasteiger partial charge in [-0.3, -0.25) is 9.59 Å². The van der Waals surface area contributed by atoms with Crippen molar-refractivity contribution in [3.8, 4) is 0 Å². The van der Waals surface area contributed by atoms with E-state index in [1.807, 2.05) is 0 Å². The Morgan fingerprint density at radius 3 is 2.41 bits per heavy atom. The number of carboxylic acids is 2. The lowest BCUT2D eigenvalue weighted by Gasteiger charge is -2.02. The van der Waals surface area contributed by atoms with Crippen LogP contribution in [-0.4, -0.2) is 38.4 Å². The third-order valence-electron chi connectivity index (χ3n) is 1.98. The molecule has 1 heterocycles. The summed E-state index contributed by atoms with van der Waals surface area (Å²) in [5.74, 6) is -3.34. The predicted molar refractivity (Wildman–Crippen MR) is 53.8 cm³/mol. The minimum absolute atomic E-state index is 0. The Labute approximate surface area is 94.3 Å². The van der Waals surface area contributed by atoms with Gasteiger partial charge in [0.05, 0.1) is 5.56 Å². The van der Waals surface area contributed by atoms with E-state index in [0.29, 0.717) is 4.74 Å². The van der Waals surface area contributed by atoms with Gasteiger partial charge < -0.3 is 25.9 Å². The number of hydrogen-bond acceptors (Lipinski definition) is 5. The molecule has 1 aromatic heterocycles. The van der Waals surface area contributed by atoms with Crippen molar-refractivity contribution in [1.82, 2.24) is 4.74 Å². The molecule has 0 bridgehead atoms. The first-order valence-corrected chi connectivity index (χ1v) is 4.25. The largest absolute Gasteiger partial charge is 0.480 e. The topological polar surface area (TPSA) is 167 Å². The Hall–Kier alpha value is -2.13. The molecule has 0 amide bonds. The number of aromatic carboxylic acids is 1. The number of carboxylic acid groups (broad SMARTS) is 2. The molecule has 1 aromatic rings. The Kier molecular flexibility index (Phi) is 4.61. The van der Waals surface area contributed by atoms with Crippen molar-refractivity contribution in [3.05, 3.63) is 21.7 Å². The van der Waals surface area contributed by atoms with Gasteiger partial charge in [0, 0.05) is 13.5 Å². The molecule has 17 heavy (non-hydrogen) atoms. The molecular weight excluding hydrogens is 236 g/mol. The van der Waals surface area contributed by atoms with Crippen LogP contribution in [0.25, 0.3) is 0 Å². The SMILES string of the molecule is Cn1oc(C(=O)O)c(CC(N)C(=O)O)c1=O.O. The monoisotopic (exact) mass is 248 g/mol. The van der Waals surface area contributed by atoms with Crippen LogP contribution in [0.15, 0.2) is 9.32 Å². The van der Waals surface area contributed by atoms with Gasteiger partial charge in [0.25, 0.3) is 5.56 Å². The van der Waals surface area contributed by atoms with Gasteiger partial charge in [0.2, 0.25) is 5.76 Å². The van der Waals surface area contributed by atoms with E-state index in [2.05, 4.69) is 4.52 Å². The maximum Gasteiger partial charge on any atom is 0.375 e. The van der Waals surface area contributed by atoms with E-state index in [4.69, 9.17) is 15.9 Å². The van der Waals surface area contributed by atoms with E-state index in [-0.39, 0.29) is 17.5 Å². The number of aromatic nitrogens is 1. The standard InChI is InChI=1S/C8H10N2O6.H2O/c1-10-6(11)3(2-4(9)7(12)13)5(16-10)8(14)15;/h4H,2,9H2,1H3,(H,12,13)(H,14,15);1H2. The predicted octanol–water partition coefficient (Wildman–Crippen LogP) is -2.19. The van der Waals surface area contributed by atoms with E-state index in [0.717, 1.165) is 0 Å². The first kappa shape index (κ1) is 14.9. The average molecular weight is 248 g/mol. The molecule has 6 N–H and O–H groups in total. The Morgan fingerprint density at radius 1 is 1.47 bits per heavy atom. The van der Waals surface area contributed by atoms with Gasteiger partial charge in [-0.2, -0.15) is 4.74 Å². The van der Waals surface area contributed by atoms with Crippen LogP contribution in [0.5, 0.6) is 0 Å². The van der Waals surface area contributed by atoms with Gasteiger partial charge in [-0.25, -0.2) is 4.79 Å². The second kappa shape index (κ2) is 5.27. The van der Waals surface area contributed by atoms with E-state index in [1.165, 1.54) is 7.05 Å². The summed E-state index contributed by atoms with van der Waals surface area (Å²) in [4.78, 5) is 32.6. The third-order valence-corrected chi connectivity index (χ3v) is 1.98. The van der Waals surface area contributed by atoms with Crippen LogP contribution in [0.3, 0.4) is 0 Å². The highest BCUT2D eigenvalue weighted by atomic mass is 16.5. The maximum atomic E-state index is 11.4. The fourth-order valence-electron chi connectivity index (χ4n) is 1.18. The highest BCUT2D eigenvalue weighted by Gasteiger charge is 2.25. The molecule has 0 saturated heterocycles. The zero-order chi connectivity index (χ0) is 12.5. The molecule has 1 unspecified atom stereocenters. The molecule has 96 valence electrons. The van der Waals surface area contributed by atoms with Crippen molar-refractivity contribution in [3.63, 3.8) is 0 Å². The van der Waals surface area contributed by atoms with Crippen molar-refractivity contribution < 1.29 is 29.8 Å². The number of hydrogen-bond donors (Lipinski definition) is 3. The minimum Gasteiger partial charge on any atom is -0.480 e. The molecule has 0 saturated carbocycles. The van der Waals surface area contributed by atoms with Gasteiger partial charge >= 0.3 is 11.9 Å². The van der Waals surface area contributed by atoms with Gasteiger partial charge in [-0.05, 0) is 0 Å². The van der Waals surface area contributed by atoms with Crippen LogP contribution in [0.4, 0.5) is 0 Å². The molecular formula is C8H12N2O7. The lowest BCUT2D eigenvalue weighted by atomic mass is 10.1. The van der Waals surface area contributed by atoms with Crippen molar-refractivity contribution in [2.75, 3.05) is 0 Å². The number of aliphatic carboxylic acids is 1. The summed E-state index contributed by atoms with van der Waals surface area (Å²) in [6.07, 6.45) is -0.389. The molecule has 0 aromatic carbocycles.